The highest BCUT2D eigenvalue weighted by atomic mass is 32.5. The Bertz CT molecular complexity index is 175. The molecule has 0 heterocycles. The summed E-state index contributed by atoms with van der Waals surface area (Å²) in [6.07, 6.45) is 3.87. The molecular weight excluding hydrogens is 225 g/mol. The van der Waals surface area contributed by atoms with E-state index in [2.05, 4.69) is 21.6 Å². The Kier molecular flexibility index (Phi) is 9.01. The standard InChI is InChI=1S/C7H18NO4PS/c9-6-4-2-1-3-5-8-7-12-13(10,11)14/h8-9H,1-7H2,(H2,10,11,14). The summed E-state index contributed by atoms with van der Waals surface area (Å²) in [7, 11) is 0. The molecule has 14 heavy (non-hydrogen) atoms. The van der Waals surface area contributed by atoms with E-state index in [4.69, 9.17) is 14.9 Å². The Morgan fingerprint density at radius 2 is 1.79 bits per heavy atom. The van der Waals surface area contributed by atoms with Crippen molar-refractivity contribution in [3.05, 3.63) is 0 Å². The lowest BCUT2D eigenvalue weighted by atomic mass is 10.2. The lowest BCUT2D eigenvalue weighted by Gasteiger charge is -2.09. The van der Waals surface area contributed by atoms with E-state index in [0.29, 0.717) is 0 Å². The van der Waals surface area contributed by atoms with E-state index in [1.807, 2.05) is 0 Å². The summed E-state index contributed by atoms with van der Waals surface area (Å²) >= 11 is 4.25. The maximum Gasteiger partial charge on any atom is 0.323 e. The monoisotopic (exact) mass is 243 g/mol. The largest absolute Gasteiger partial charge is 0.396 e. The minimum absolute atomic E-state index is 0.0737. The molecule has 0 aliphatic rings. The van der Waals surface area contributed by atoms with Gasteiger partial charge in [-0.05, 0) is 31.2 Å². The van der Waals surface area contributed by atoms with Crippen LogP contribution in [-0.4, -0.2) is 34.8 Å². The highest BCUT2D eigenvalue weighted by Crippen LogP contribution is 2.35. The van der Waals surface area contributed by atoms with Crippen LogP contribution in [0.4, 0.5) is 0 Å². The van der Waals surface area contributed by atoms with Crippen molar-refractivity contribution >= 4 is 18.5 Å². The van der Waals surface area contributed by atoms with Crippen molar-refractivity contribution in [2.45, 2.75) is 25.7 Å². The summed E-state index contributed by atoms with van der Waals surface area (Å²) in [5.74, 6) is 0. The zero-order valence-corrected chi connectivity index (χ0v) is 9.77. The van der Waals surface area contributed by atoms with E-state index in [0.717, 1.165) is 32.2 Å². The van der Waals surface area contributed by atoms with Gasteiger partial charge in [0.05, 0.1) is 0 Å². The number of nitrogens with one attached hydrogen (secondary N) is 1. The number of hydrogen-bond donors (Lipinski definition) is 4. The zero-order valence-electron chi connectivity index (χ0n) is 8.06. The molecule has 0 amide bonds. The highest BCUT2D eigenvalue weighted by Gasteiger charge is 2.05. The first kappa shape index (κ1) is 14.5. The SMILES string of the molecule is OCCCCCCNCOP(O)(O)=S. The van der Waals surface area contributed by atoms with E-state index in [1.165, 1.54) is 0 Å². The lowest BCUT2D eigenvalue weighted by Crippen LogP contribution is -2.18. The molecule has 0 unspecified atom stereocenters. The fourth-order valence-electron chi connectivity index (χ4n) is 0.917. The van der Waals surface area contributed by atoms with Gasteiger partial charge in [0.25, 0.3) is 0 Å². The third-order valence-electron chi connectivity index (χ3n) is 1.60. The predicted octanol–water partition coefficient (Wildman–Crippen LogP) is 0.312. The quantitative estimate of drug-likeness (QED) is 0.265. The summed E-state index contributed by atoms with van der Waals surface area (Å²) in [5, 5.41) is 11.4. The van der Waals surface area contributed by atoms with Crippen LogP contribution in [0, 0.1) is 0 Å². The average Bonchev–Trinajstić information content (AvgIpc) is 2.08. The minimum Gasteiger partial charge on any atom is -0.396 e. The molecule has 0 aromatic heterocycles. The van der Waals surface area contributed by atoms with Gasteiger partial charge < -0.3 is 14.9 Å². The number of aliphatic hydroxyl groups is 1. The van der Waals surface area contributed by atoms with Crippen LogP contribution < -0.4 is 5.32 Å². The molecule has 0 aromatic rings. The molecular formula is C7H18NO4PS. The van der Waals surface area contributed by atoms with Crippen LogP contribution in [0.15, 0.2) is 0 Å². The van der Waals surface area contributed by atoms with Crippen LogP contribution in [0.25, 0.3) is 0 Å². The van der Waals surface area contributed by atoms with Gasteiger partial charge in [0.1, 0.15) is 6.73 Å². The van der Waals surface area contributed by atoms with Crippen molar-refractivity contribution in [3.63, 3.8) is 0 Å². The second-order valence-electron chi connectivity index (χ2n) is 2.90. The first-order valence-electron chi connectivity index (χ1n) is 4.58. The molecule has 0 aromatic carbocycles. The first-order valence-corrected chi connectivity index (χ1v) is 7.20. The van der Waals surface area contributed by atoms with Gasteiger partial charge in [0.2, 0.25) is 0 Å². The van der Waals surface area contributed by atoms with Crippen LogP contribution in [-0.2, 0) is 16.3 Å². The third-order valence-corrected chi connectivity index (χ3v) is 2.38. The van der Waals surface area contributed by atoms with Crippen molar-refractivity contribution in [1.82, 2.24) is 5.32 Å². The fourth-order valence-corrected chi connectivity index (χ4v) is 1.33. The summed E-state index contributed by atoms with van der Waals surface area (Å²) in [6.45, 7) is -2.43. The summed E-state index contributed by atoms with van der Waals surface area (Å²) in [5.41, 5.74) is 0. The van der Waals surface area contributed by atoms with Gasteiger partial charge in [-0.25, -0.2) is 0 Å². The molecule has 0 radical (unpaired) electrons. The molecule has 0 fully saturated rings. The van der Waals surface area contributed by atoms with Gasteiger partial charge in [0.15, 0.2) is 0 Å². The molecule has 0 saturated heterocycles. The van der Waals surface area contributed by atoms with Crippen LogP contribution >= 0.6 is 6.72 Å². The summed E-state index contributed by atoms with van der Waals surface area (Å²) < 4.78 is 4.54. The highest BCUT2D eigenvalue weighted by molar-refractivity contribution is 8.06. The zero-order chi connectivity index (χ0) is 10.9. The maximum absolute atomic E-state index is 8.68. The van der Waals surface area contributed by atoms with Crippen molar-refractivity contribution in [3.8, 4) is 0 Å². The van der Waals surface area contributed by atoms with Crippen molar-refractivity contribution in [2.24, 2.45) is 0 Å². The molecule has 0 saturated carbocycles. The van der Waals surface area contributed by atoms with E-state index >= 15 is 0 Å². The maximum atomic E-state index is 8.68. The summed E-state index contributed by atoms with van der Waals surface area (Å²) in [6, 6.07) is 0. The van der Waals surface area contributed by atoms with Gasteiger partial charge >= 0.3 is 6.72 Å². The van der Waals surface area contributed by atoms with Crippen LogP contribution in [0.3, 0.4) is 0 Å². The minimum atomic E-state index is -3.49. The molecule has 5 nitrogen and oxygen atoms in total. The lowest BCUT2D eigenvalue weighted by molar-refractivity contribution is 0.230. The van der Waals surface area contributed by atoms with E-state index in [9.17, 15) is 0 Å². The molecule has 4 N–H and O–H groups in total. The molecule has 0 aliphatic carbocycles. The second kappa shape index (κ2) is 8.73. The Labute approximate surface area is 89.4 Å². The number of rotatable bonds is 9. The van der Waals surface area contributed by atoms with Crippen molar-refractivity contribution in [1.29, 1.82) is 0 Å². The van der Waals surface area contributed by atoms with Gasteiger partial charge in [-0.3, -0.25) is 9.84 Å². The van der Waals surface area contributed by atoms with Crippen LogP contribution in [0.5, 0.6) is 0 Å². The molecule has 0 aliphatic heterocycles. The van der Waals surface area contributed by atoms with Crippen LogP contribution in [0.2, 0.25) is 0 Å². The topological polar surface area (TPSA) is 82.0 Å². The fraction of sp³-hybridized carbons (Fsp3) is 1.00. The van der Waals surface area contributed by atoms with Gasteiger partial charge in [-0.15, -0.1) is 0 Å². The first-order chi connectivity index (χ1) is 6.56. The third kappa shape index (κ3) is 12.4. The van der Waals surface area contributed by atoms with Gasteiger partial charge in [0, 0.05) is 6.61 Å². The van der Waals surface area contributed by atoms with E-state index < -0.39 is 6.72 Å². The molecule has 0 atom stereocenters. The Balaban J connectivity index is 3.03. The van der Waals surface area contributed by atoms with Crippen molar-refractivity contribution in [2.75, 3.05) is 19.9 Å². The molecule has 0 bridgehead atoms. The average molecular weight is 243 g/mol. The van der Waals surface area contributed by atoms with Crippen molar-refractivity contribution < 1.29 is 19.4 Å². The predicted molar refractivity (Wildman–Crippen MR) is 58.2 cm³/mol. The molecule has 86 valence electrons. The van der Waals surface area contributed by atoms with E-state index in [-0.39, 0.29) is 13.3 Å². The normalized spacial score (nSPS) is 11.9. The number of unbranched alkanes of at least 4 members (excludes halogenated alkanes) is 3. The number of aliphatic hydroxyl groups excluding tert-OH is 1. The smallest absolute Gasteiger partial charge is 0.323 e. The summed E-state index contributed by atoms with van der Waals surface area (Å²) in [4.78, 5) is 17.4. The Morgan fingerprint density at radius 3 is 2.36 bits per heavy atom. The van der Waals surface area contributed by atoms with Gasteiger partial charge in [-0.1, -0.05) is 12.8 Å². The second-order valence-corrected chi connectivity index (χ2v) is 5.57. The molecule has 7 heteroatoms. The van der Waals surface area contributed by atoms with E-state index in [1.54, 1.807) is 0 Å². The molecule has 0 rings (SSSR count). The van der Waals surface area contributed by atoms with Gasteiger partial charge in [-0.2, -0.15) is 0 Å². The number of hydrogen-bond acceptors (Lipinski definition) is 4. The molecule has 0 spiro atoms. The Hall–Kier alpha value is 0.450. The Morgan fingerprint density at radius 1 is 1.14 bits per heavy atom. The van der Waals surface area contributed by atoms with Crippen LogP contribution in [0.1, 0.15) is 25.7 Å².